The Morgan fingerprint density at radius 3 is 2.53 bits per heavy atom. The Labute approximate surface area is 315 Å². The van der Waals surface area contributed by atoms with Crippen LogP contribution < -0.4 is 28.1 Å². The normalized spacial score (nSPS) is 17.3. The minimum atomic E-state index is -1.93. The number of primary amides is 2. The van der Waals surface area contributed by atoms with E-state index in [2.05, 4.69) is 21.2 Å². The maximum Gasteiger partial charge on any atom is 0.355 e. The largest absolute Gasteiger partial charge is 0.457 e. The van der Waals surface area contributed by atoms with Crippen LogP contribution in [0.15, 0.2) is 39.6 Å². The molecule has 0 saturated heterocycles. The van der Waals surface area contributed by atoms with Crippen molar-refractivity contribution in [3.05, 3.63) is 61.8 Å². The van der Waals surface area contributed by atoms with Crippen molar-refractivity contribution in [1.82, 2.24) is 19.8 Å². The van der Waals surface area contributed by atoms with Crippen molar-refractivity contribution in [1.29, 1.82) is 0 Å². The number of aromatic nitrogens is 2. The standard InChI is InChI=1S/C37H46BrN7O8/c1-6-37(53-28(46)15-36(4,5)18-45(33(49)29(39)19(2)3)26(31(40)47)11-8-12-42-35(41)51)23-14-27-30-20(13-21-24(38)9-7-10-25(21)43-30)16-44(27)32(48)22(23)17-52-34(37)50/h7,9-10,13-14,19,26,29H,6,8,11-12,15-18,39H2,1-5H3,(H2,40,47)(H3,41,42,51)/t26-,29-,37-/m0/s1. The summed E-state index contributed by atoms with van der Waals surface area (Å²) >= 11 is 3.57. The lowest BCUT2D eigenvalue weighted by atomic mass is 9.84. The number of nitrogens with zero attached hydrogens (tertiary/aromatic N) is 3. The van der Waals surface area contributed by atoms with E-state index in [0.29, 0.717) is 16.9 Å². The van der Waals surface area contributed by atoms with Crippen LogP contribution in [0.3, 0.4) is 0 Å². The number of hydrogen-bond donors (Lipinski definition) is 4. The predicted octanol–water partition coefficient (Wildman–Crippen LogP) is 2.92. The molecule has 0 fully saturated rings. The van der Waals surface area contributed by atoms with Crippen LogP contribution in [0, 0.1) is 11.3 Å². The van der Waals surface area contributed by atoms with Crippen LogP contribution in [-0.4, -0.2) is 69.4 Å². The first kappa shape index (κ1) is 39.4. The van der Waals surface area contributed by atoms with Crippen molar-refractivity contribution in [3.8, 4) is 11.4 Å². The summed E-state index contributed by atoms with van der Waals surface area (Å²) in [5, 5.41) is 3.34. The second-order valence-electron chi connectivity index (χ2n) is 14.8. The fourth-order valence-corrected chi connectivity index (χ4v) is 7.51. The van der Waals surface area contributed by atoms with Gasteiger partial charge in [-0.1, -0.05) is 56.6 Å². The zero-order chi connectivity index (χ0) is 39.0. The van der Waals surface area contributed by atoms with Crippen molar-refractivity contribution in [2.75, 3.05) is 13.1 Å². The molecule has 2 aliphatic rings. The lowest BCUT2D eigenvalue weighted by Gasteiger charge is -2.39. The van der Waals surface area contributed by atoms with Gasteiger partial charge in [0.05, 0.1) is 41.5 Å². The van der Waals surface area contributed by atoms with E-state index in [0.717, 1.165) is 15.4 Å². The molecule has 0 radical (unpaired) electrons. The predicted molar refractivity (Wildman–Crippen MR) is 199 cm³/mol. The number of nitrogens with two attached hydrogens (primary N) is 3. The molecule has 0 unspecified atom stereocenters. The molecule has 0 spiro atoms. The highest BCUT2D eigenvalue weighted by Gasteiger charge is 2.51. The van der Waals surface area contributed by atoms with E-state index in [1.54, 1.807) is 45.3 Å². The second kappa shape index (κ2) is 15.3. The van der Waals surface area contributed by atoms with Gasteiger partial charge in [0.1, 0.15) is 12.6 Å². The molecule has 3 atom stereocenters. The number of halogens is 1. The number of urea groups is 1. The Hall–Kier alpha value is -4.83. The fourth-order valence-electron chi connectivity index (χ4n) is 7.04. The highest BCUT2D eigenvalue weighted by molar-refractivity contribution is 9.10. The Kier molecular flexibility index (Phi) is 11.3. The Balaban J connectivity index is 1.45. The number of ether oxygens (including phenoxy) is 2. The van der Waals surface area contributed by atoms with Gasteiger partial charge in [-0.3, -0.25) is 19.2 Å². The molecule has 53 heavy (non-hydrogen) atoms. The average molecular weight is 797 g/mol. The van der Waals surface area contributed by atoms with Crippen molar-refractivity contribution >= 4 is 56.6 Å². The summed E-state index contributed by atoms with van der Waals surface area (Å²) < 4.78 is 14.0. The fraction of sp³-hybridized carbons (Fsp3) is 0.486. The molecule has 2 aromatic heterocycles. The van der Waals surface area contributed by atoms with Gasteiger partial charge >= 0.3 is 18.0 Å². The number of esters is 2. The lowest BCUT2D eigenvalue weighted by Crippen LogP contribution is -2.57. The van der Waals surface area contributed by atoms with E-state index in [4.69, 9.17) is 31.7 Å². The molecule has 0 saturated carbocycles. The Morgan fingerprint density at radius 1 is 1.17 bits per heavy atom. The highest BCUT2D eigenvalue weighted by atomic mass is 79.9. The Bertz CT molecular complexity index is 2050. The molecule has 0 aliphatic carbocycles. The highest BCUT2D eigenvalue weighted by Crippen LogP contribution is 2.42. The van der Waals surface area contributed by atoms with Gasteiger partial charge in [0, 0.05) is 34.1 Å². The molecule has 0 bridgehead atoms. The smallest absolute Gasteiger partial charge is 0.355 e. The number of nitrogens with one attached hydrogen (secondary N) is 1. The zero-order valence-corrected chi connectivity index (χ0v) is 32.1. The van der Waals surface area contributed by atoms with Crippen molar-refractivity contribution in [2.24, 2.45) is 28.5 Å². The summed E-state index contributed by atoms with van der Waals surface area (Å²) in [6.45, 7) is 8.61. The minimum absolute atomic E-state index is 0.0320. The molecule has 7 N–H and O–H groups in total. The summed E-state index contributed by atoms with van der Waals surface area (Å²) in [6, 6.07) is 6.51. The summed E-state index contributed by atoms with van der Waals surface area (Å²) in [4.78, 5) is 85.3. The molecule has 284 valence electrons. The molecule has 3 aromatic rings. The van der Waals surface area contributed by atoms with E-state index in [1.165, 1.54) is 4.90 Å². The van der Waals surface area contributed by atoms with Crippen LogP contribution in [0.4, 0.5) is 4.79 Å². The van der Waals surface area contributed by atoms with E-state index >= 15 is 0 Å². The Morgan fingerprint density at radius 2 is 1.89 bits per heavy atom. The third kappa shape index (κ3) is 7.79. The molecule has 15 nitrogen and oxygen atoms in total. The van der Waals surface area contributed by atoms with E-state index in [9.17, 15) is 28.8 Å². The van der Waals surface area contributed by atoms with Crippen LogP contribution in [0.25, 0.3) is 22.3 Å². The van der Waals surface area contributed by atoms with Crippen LogP contribution in [0.1, 0.15) is 77.0 Å². The average Bonchev–Trinajstić information content (AvgIpc) is 3.44. The summed E-state index contributed by atoms with van der Waals surface area (Å²) in [5.41, 5.74) is 16.9. The first-order valence-corrected chi connectivity index (χ1v) is 18.3. The number of carbonyl (C=O) groups excluding carboxylic acids is 5. The van der Waals surface area contributed by atoms with Gasteiger partial charge in [0.2, 0.25) is 17.4 Å². The topological polar surface area (TPSA) is 232 Å². The molecular formula is C37H46BrN7O8. The number of benzene rings is 1. The number of amides is 4. The van der Waals surface area contributed by atoms with Gasteiger partial charge in [-0.15, -0.1) is 0 Å². The molecular weight excluding hydrogens is 750 g/mol. The zero-order valence-electron chi connectivity index (χ0n) is 30.5. The molecule has 4 heterocycles. The van der Waals surface area contributed by atoms with Crippen molar-refractivity contribution in [2.45, 2.75) is 91.1 Å². The van der Waals surface area contributed by atoms with Crippen LogP contribution in [-0.2, 0) is 47.4 Å². The number of hydrogen-bond acceptors (Lipinski definition) is 10. The third-order valence-electron chi connectivity index (χ3n) is 9.92. The number of carbonyl (C=O) groups is 5. The number of pyridine rings is 2. The first-order chi connectivity index (χ1) is 24.9. The second-order valence-corrected chi connectivity index (χ2v) is 15.6. The van der Waals surface area contributed by atoms with Gasteiger partial charge in [0.25, 0.3) is 5.56 Å². The maximum atomic E-state index is 14.0. The molecule has 4 amide bonds. The minimum Gasteiger partial charge on any atom is -0.457 e. The number of rotatable bonds is 14. The molecule has 1 aromatic carbocycles. The number of cyclic esters (lactones) is 1. The third-order valence-corrected chi connectivity index (χ3v) is 10.6. The maximum absolute atomic E-state index is 14.0. The first-order valence-electron chi connectivity index (χ1n) is 17.5. The van der Waals surface area contributed by atoms with Crippen LogP contribution in [0.2, 0.25) is 0 Å². The van der Waals surface area contributed by atoms with Gasteiger partial charge in [-0.05, 0) is 54.9 Å². The SMILES string of the molecule is CC[C@@]1(OC(=O)CC(C)(C)CN(C(=O)[C@@H](N)C(C)C)[C@@H](CCCNC(N)=O)C(N)=O)C(=O)OCc2c1cc1n(c2=O)Cc2cc3c(Br)cccc3nc2-1. The van der Waals surface area contributed by atoms with Gasteiger partial charge < -0.3 is 41.5 Å². The van der Waals surface area contributed by atoms with E-state index in [-0.39, 0.29) is 74.5 Å². The van der Waals surface area contributed by atoms with Crippen LogP contribution in [0.5, 0.6) is 0 Å². The summed E-state index contributed by atoms with van der Waals surface area (Å²) in [6.07, 6.45) is 0.0363. The van der Waals surface area contributed by atoms with Gasteiger partial charge in [0.15, 0.2) is 0 Å². The molecule has 2 aliphatic heterocycles. The van der Waals surface area contributed by atoms with Gasteiger partial charge in [-0.2, -0.15) is 0 Å². The summed E-state index contributed by atoms with van der Waals surface area (Å²) in [7, 11) is 0. The monoisotopic (exact) mass is 795 g/mol. The van der Waals surface area contributed by atoms with Crippen LogP contribution >= 0.6 is 15.9 Å². The van der Waals surface area contributed by atoms with Crippen molar-refractivity contribution in [3.63, 3.8) is 0 Å². The van der Waals surface area contributed by atoms with E-state index < -0.39 is 52.9 Å². The number of fused-ring (bicyclic) bond motifs is 5. The lowest BCUT2D eigenvalue weighted by molar-refractivity contribution is -0.190. The van der Waals surface area contributed by atoms with E-state index in [1.807, 2.05) is 24.3 Å². The molecule has 5 rings (SSSR count). The quantitative estimate of drug-likeness (QED) is 0.108. The molecule has 16 heteroatoms. The van der Waals surface area contributed by atoms with Gasteiger partial charge in [-0.25, -0.2) is 14.6 Å². The summed E-state index contributed by atoms with van der Waals surface area (Å²) in [5.74, 6) is -3.20. The van der Waals surface area contributed by atoms with Crippen molar-refractivity contribution < 1.29 is 33.4 Å².